The molecule has 1 nitrogen and oxygen atoms in total. The van der Waals surface area contributed by atoms with Crippen LogP contribution in [0.5, 0.6) is 11.5 Å². The van der Waals surface area contributed by atoms with Crippen molar-refractivity contribution in [2.75, 3.05) is 0 Å². The van der Waals surface area contributed by atoms with Crippen molar-refractivity contribution in [2.24, 2.45) is 0 Å². The first kappa shape index (κ1) is 18.1. The van der Waals surface area contributed by atoms with Gasteiger partial charge in [0.1, 0.15) is 11.5 Å². The van der Waals surface area contributed by atoms with E-state index in [0.717, 1.165) is 18.6 Å². The van der Waals surface area contributed by atoms with Crippen molar-refractivity contribution >= 4 is 0 Å². The van der Waals surface area contributed by atoms with Crippen molar-refractivity contribution in [2.45, 2.75) is 39.8 Å². The van der Waals surface area contributed by atoms with Crippen LogP contribution in [0.15, 0.2) is 48.5 Å². The van der Waals surface area contributed by atoms with Crippen LogP contribution in [0, 0.1) is 0 Å². The maximum absolute atomic E-state index is 12.4. The van der Waals surface area contributed by atoms with E-state index in [4.69, 9.17) is 4.74 Å². The molecule has 0 spiro atoms. The van der Waals surface area contributed by atoms with Crippen LogP contribution >= 0.6 is 0 Å². The first-order valence-corrected chi connectivity index (χ1v) is 7.34. The van der Waals surface area contributed by atoms with Gasteiger partial charge in [-0.25, -0.2) is 0 Å². The Balaban J connectivity index is 0.000000745. The summed E-state index contributed by atoms with van der Waals surface area (Å²) in [6.45, 7) is 6.30. The third-order valence-electron chi connectivity index (χ3n) is 2.75. The summed E-state index contributed by atoms with van der Waals surface area (Å²) in [7, 11) is 0. The van der Waals surface area contributed by atoms with Gasteiger partial charge < -0.3 is 4.74 Å². The molecule has 0 saturated carbocycles. The van der Waals surface area contributed by atoms with Crippen LogP contribution in [-0.4, -0.2) is 0 Å². The molecule has 0 bridgehead atoms. The number of benzene rings is 2. The van der Waals surface area contributed by atoms with Gasteiger partial charge in [-0.2, -0.15) is 13.2 Å². The fourth-order valence-electron chi connectivity index (χ4n) is 1.64. The van der Waals surface area contributed by atoms with Crippen LogP contribution in [0.1, 0.15) is 38.3 Å². The molecule has 2 rings (SSSR count). The Kier molecular flexibility index (Phi) is 6.96. The number of ether oxygens (including phenoxy) is 1. The lowest BCUT2D eigenvalue weighted by Crippen LogP contribution is -2.03. The molecule has 0 aliphatic rings. The van der Waals surface area contributed by atoms with Gasteiger partial charge in [0.2, 0.25) is 0 Å². The SMILES string of the molecule is CCC.CCc1ccc(Oc2ccc(C(F)(F)F)cc2)cc1. The van der Waals surface area contributed by atoms with E-state index in [1.165, 1.54) is 24.1 Å². The van der Waals surface area contributed by atoms with Gasteiger partial charge in [0, 0.05) is 0 Å². The molecule has 0 aliphatic carbocycles. The summed E-state index contributed by atoms with van der Waals surface area (Å²) in [5.41, 5.74) is 0.501. The van der Waals surface area contributed by atoms with Gasteiger partial charge in [-0.1, -0.05) is 39.3 Å². The molecule has 0 amide bonds. The van der Waals surface area contributed by atoms with Crippen LogP contribution in [0.2, 0.25) is 0 Å². The Morgan fingerprint density at radius 1 is 0.773 bits per heavy atom. The van der Waals surface area contributed by atoms with E-state index >= 15 is 0 Å². The van der Waals surface area contributed by atoms with Gasteiger partial charge in [-0.3, -0.25) is 0 Å². The number of hydrogen-bond acceptors (Lipinski definition) is 1. The molecule has 4 heteroatoms. The Morgan fingerprint density at radius 3 is 1.55 bits per heavy atom. The van der Waals surface area contributed by atoms with Gasteiger partial charge in [0.05, 0.1) is 5.56 Å². The van der Waals surface area contributed by atoms with E-state index < -0.39 is 11.7 Å². The molecule has 0 heterocycles. The first-order chi connectivity index (χ1) is 10.4. The summed E-state index contributed by atoms with van der Waals surface area (Å²) in [6.07, 6.45) is -2.14. The van der Waals surface area contributed by atoms with E-state index in [9.17, 15) is 13.2 Å². The molecular weight excluding hydrogens is 289 g/mol. The molecule has 0 atom stereocenters. The normalized spacial score (nSPS) is 10.6. The van der Waals surface area contributed by atoms with E-state index in [-0.39, 0.29) is 0 Å². The zero-order chi connectivity index (χ0) is 16.6. The smallest absolute Gasteiger partial charge is 0.416 e. The van der Waals surface area contributed by atoms with Gasteiger partial charge in [-0.15, -0.1) is 0 Å². The maximum atomic E-state index is 12.4. The predicted molar refractivity (Wildman–Crippen MR) is 83.3 cm³/mol. The van der Waals surface area contributed by atoms with Crippen LogP contribution in [0.4, 0.5) is 13.2 Å². The zero-order valence-electron chi connectivity index (χ0n) is 13.1. The second-order valence-corrected chi connectivity index (χ2v) is 4.83. The van der Waals surface area contributed by atoms with Crippen molar-refractivity contribution in [3.63, 3.8) is 0 Å². The topological polar surface area (TPSA) is 9.23 Å². The van der Waals surface area contributed by atoms with Crippen molar-refractivity contribution in [3.8, 4) is 11.5 Å². The predicted octanol–water partition coefficient (Wildman–Crippen LogP) is 6.48. The fourth-order valence-corrected chi connectivity index (χ4v) is 1.64. The number of hydrogen-bond donors (Lipinski definition) is 0. The average molecular weight is 310 g/mol. The van der Waals surface area contributed by atoms with Crippen molar-refractivity contribution < 1.29 is 17.9 Å². The fraction of sp³-hybridized carbons (Fsp3) is 0.333. The quantitative estimate of drug-likeness (QED) is 0.630. The standard InChI is InChI=1S/C15H13F3O.C3H8/c1-2-11-3-7-13(8-4-11)19-14-9-5-12(6-10-14)15(16,17)18;1-3-2/h3-10H,2H2,1H3;3H2,1-2H3. The lowest BCUT2D eigenvalue weighted by molar-refractivity contribution is -0.137. The van der Waals surface area contributed by atoms with E-state index in [1.807, 2.05) is 19.1 Å². The second kappa shape index (κ2) is 8.47. The highest BCUT2D eigenvalue weighted by molar-refractivity contribution is 5.35. The monoisotopic (exact) mass is 310 g/mol. The minimum absolute atomic E-state index is 0.386. The van der Waals surface area contributed by atoms with Crippen LogP contribution < -0.4 is 4.74 Å². The van der Waals surface area contributed by atoms with E-state index in [0.29, 0.717) is 11.5 Å². The van der Waals surface area contributed by atoms with Crippen molar-refractivity contribution in [1.29, 1.82) is 0 Å². The summed E-state index contributed by atoms with van der Waals surface area (Å²) >= 11 is 0. The molecule has 0 N–H and O–H groups in total. The Hall–Kier alpha value is -1.97. The maximum Gasteiger partial charge on any atom is 0.416 e. The Labute approximate surface area is 129 Å². The van der Waals surface area contributed by atoms with Crippen LogP contribution in [-0.2, 0) is 12.6 Å². The molecular formula is C18H21F3O. The van der Waals surface area contributed by atoms with Crippen LogP contribution in [0.3, 0.4) is 0 Å². The second-order valence-electron chi connectivity index (χ2n) is 4.83. The highest BCUT2D eigenvalue weighted by atomic mass is 19.4. The first-order valence-electron chi connectivity index (χ1n) is 7.34. The van der Waals surface area contributed by atoms with E-state index in [1.54, 1.807) is 12.1 Å². The minimum atomic E-state index is -4.32. The number of rotatable bonds is 3. The number of aryl methyl sites for hydroxylation is 1. The third kappa shape index (κ3) is 5.80. The molecule has 0 radical (unpaired) electrons. The Morgan fingerprint density at radius 2 is 1.18 bits per heavy atom. The molecule has 0 saturated heterocycles. The van der Waals surface area contributed by atoms with Gasteiger partial charge in [-0.05, 0) is 48.4 Å². The van der Waals surface area contributed by atoms with Crippen molar-refractivity contribution in [3.05, 3.63) is 59.7 Å². The molecule has 0 aromatic heterocycles. The molecule has 2 aromatic carbocycles. The zero-order valence-corrected chi connectivity index (χ0v) is 13.1. The van der Waals surface area contributed by atoms with E-state index in [2.05, 4.69) is 13.8 Å². The highest BCUT2D eigenvalue weighted by Crippen LogP contribution is 2.31. The molecule has 22 heavy (non-hydrogen) atoms. The summed E-state index contributed by atoms with van der Waals surface area (Å²) in [5, 5.41) is 0. The summed E-state index contributed by atoms with van der Waals surface area (Å²) < 4.78 is 42.6. The molecule has 0 aliphatic heterocycles. The average Bonchev–Trinajstić information content (AvgIpc) is 2.48. The lowest BCUT2D eigenvalue weighted by atomic mass is 10.2. The van der Waals surface area contributed by atoms with Gasteiger partial charge in [0.25, 0.3) is 0 Å². The number of alkyl halides is 3. The van der Waals surface area contributed by atoms with Crippen LogP contribution in [0.25, 0.3) is 0 Å². The molecule has 0 unspecified atom stereocenters. The molecule has 2 aromatic rings. The largest absolute Gasteiger partial charge is 0.457 e. The summed E-state index contributed by atoms with van der Waals surface area (Å²) in [6, 6.07) is 12.1. The van der Waals surface area contributed by atoms with Crippen molar-refractivity contribution in [1.82, 2.24) is 0 Å². The lowest BCUT2D eigenvalue weighted by Gasteiger charge is -2.09. The van der Waals surface area contributed by atoms with Gasteiger partial charge in [0.15, 0.2) is 0 Å². The highest BCUT2D eigenvalue weighted by Gasteiger charge is 2.29. The Bertz CT molecular complexity index is 542. The summed E-state index contributed by atoms with van der Waals surface area (Å²) in [5.74, 6) is 0.995. The molecule has 0 fully saturated rings. The molecule has 120 valence electrons. The number of halogens is 3. The van der Waals surface area contributed by atoms with Gasteiger partial charge >= 0.3 is 6.18 Å². The third-order valence-corrected chi connectivity index (χ3v) is 2.75. The minimum Gasteiger partial charge on any atom is -0.457 e. The summed E-state index contributed by atoms with van der Waals surface area (Å²) in [4.78, 5) is 0.